The summed E-state index contributed by atoms with van der Waals surface area (Å²) in [5.74, 6) is 0.922. The summed E-state index contributed by atoms with van der Waals surface area (Å²) in [7, 11) is 0. The second kappa shape index (κ2) is 8.02. The molecule has 8 heteroatoms. The van der Waals surface area contributed by atoms with Crippen molar-refractivity contribution in [3.05, 3.63) is 68.5 Å². The maximum atomic E-state index is 12.9. The summed E-state index contributed by atoms with van der Waals surface area (Å²) >= 11 is 0. The fourth-order valence-electron chi connectivity index (χ4n) is 7.53. The maximum Gasteiger partial charge on any atom is 0.252 e. The third kappa shape index (κ3) is 3.38. The lowest BCUT2D eigenvalue weighted by atomic mass is 9.53. The molecule has 3 saturated carbocycles. The molecule has 3 aromatic rings. The SMILES string of the molecule is N[C@H]1CC2(CC3Cn4c(=O)ccc5ccc(=O)n3c54)CCC1(NCc1cc3c(cn1)OCCC3)CC2. The summed E-state index contributed by atoms with van der Waals surface area (Å²) in [6.07, 6.45) is 10.0. The first-order valence-corrected chi connectivity index (χ1v) is 13.3. The standard InChI is InChI=1S/C28H33N5O3/c29-23-14-27(13-21-17-32-24(34)5-3-18-4-6-25(35)33(21)26(18)32)7-9-28(23,10-8-27)31-15-20-12-19-2-1-11-36-22(19)16-30-20/h3-6,12,16,21,23,31H,1-2,7-11,13-15,17,29H2/t21?,23-,27?,28?/m0/s1. The smallest absolute Gasteiger partial charge is 0.252 e. The predicted molar refractivity (Wildman–Crippen MR) is 137 cm³/mol. The third-order valence-corrected chi connectivity index (χ3v) is 9.52. The normalized spacial score (nSPS) is 30.4. The molecule has 1 unspecified atom stereocenters. The Hall–Kier alpha value is -2.97. The van der Waals surface area contributed by atoms with Crippen molar-refractivity contribution < 1.29 is 4.74 Å². The van der Waals surface area contributed by atoms with Crippen molar-refractivity contribution in [2.45, 2.75) is 82.1 Å². The molecule has 3 aliphatic carbocycles. The zero-order valence-corrected chi connectivity index (χ0v) is 20.5. The zero-order valence-electron chi connectivity index (χ0n) is 20.5. The molecule has 8 nitrogen and oxygen atoms in total. The number of nitrogens with two attached hydrogens (primary N) is 1. The maximum absolute atomic E-state index is 12.9. The van der Waals surface area contributed by atoms with Crippen LogP contribution in [0.2, 0.25) is 0 Å². The van der Waals surface area contributed by atoms with Crippen molar-refractivity contribution in [1.82, 2.24) is 19.4 Å². The molecular weight excluding hydrogens is 454 g/mol. The first kappa shape index (κ1) is 22.2. The average molecular weight is 488 g/mol. The number of ether oxygens (including phenoxy) is 1. The van der Waals surface area contributed by atoms with E-state index in [1.807, 2.05) is 22.9 Å². The van der Waals surface area contributed by atoms with Crippen LogP contribution in [-0.2, 0) is 19.5 Å². The van der Waals surface area contributed by atoms with Crippen LogP contribution in [0.3, 0.4) is 0 Å². The van der Waals surface area contributed by atoms with Gasteiger partial charge in [0.25, 0.3) is 11.1 Å². The second-order valence-corrected chi connectivity index (χ2v) is 11.5. The van der Waals surface area contributed by atoms with Crippen LogP contribution in [-0.4, -0.2) is 32.3 Å². The molecule has 8 rings (SSSR count). The van der Waals surface area contributed by atoms with E-state index in [0.29, 0.717) is 13.1 Å². The van der Waals surface area contributed by atoms with Gasteiger partial charge in [0.15, 0.2) is 0 Å². The monoisotopic (exact) mass is 487 g/mol. The molecule has 5 heterocycles. The third-order valence-electron chi connectivity index (χ3n) is 9.52. The largest absolute Gasteiger partial charge is 0.492 e. The number of pyridine rings is 3. The van der Waals surface area contributed by atoms with Gasteiger partial charge in [-0.15, -0.1) is 0 Å². The molecule has 2 aliphatic heterocycles. The Balaban J connectivity index is 1.08. The lowest BCUT2D eigenvalue weighted by Gasteiger charge is -2.58. The van der Waals surface area contributed by atoms with Crippen LogP contribution in [0.25, 0.3) is 11.0 Å². The van der Waals surface area contributed by atoms with Crippen LogP contribution in [0.1, 0.15) is 62.2 Å². The number of fused-ring (bicyclic) bond motifs is 4. The highest BCUT2D eigenvalue weighted by atomic mass is 16.5. The van der Waals surface area contributed by atoms with Crippen molar-refractivity contribution in [2.75, 3.05) is 6.61 Å². The number of aromatic nitrogens is 3. The van der Waals surface area contributed by atoms with E-state index in [4.69, 9.17) is 10.5 Å². The Labute approximate surface area is 209 Å². The minimum Gasteiger partial charge on any atom is -0.492 e. The minimum atomic E-state index is -0.0672. The first-order valence-electron chi connectivity index (χ1n) is 13.3. The van der Waals surface area contributed by atoms with Gasteiger partial charge in [-0.1, -0.05) is 0 Å². The van der Waals surface area contributed by atoms with E-state index in [0.717, 1.165) is 80.5 Å². The summed E-state index contributed by atoms with van der Waals surface area (Å²) in [5.41, 5.74) is 9.94. The Kier molecular flexibility index (Phi) is 4.95. The van der Waals surface area contributed by atoms with Crippen LogP contribution in [0, 0.1) is 5.41 Å². The molecule has 2 atom stereocenters. The summed E-state index contributed by atoms with van der Waals surface area (Å²) in [4.78, 5) is 30.1. The summed E-state index contributed by atoms with van der Waals surface area (Å²) in [5, 5.41) is 4.77. The van der Waals surface area contributed by atoms with Crippen molar-refractivity contribution in [2.24, 2.45) is 11.1 Å². The van der Waals surface area contributed by atoms with Crippen LogP contribution in [0.4, 0.5) is 0 Å². The van der Waals surface area contributed by atoms with Gasteiger partial charge < -0.3 is 15.8 Å². The highest BCUT2D eigenvalue weighted by Crippen LogP contribution is 2.55. The van der Waals surface area contributed by atoms with Crippen molar-refractivity contribution in [3.8, 4) is 5.75 Å². The highest BCUT2D eigenvalue weighted by Gasteiger charge is 2.53. The number of nitrogens with zero attached hydrogens (tertiary/aromatic N) is 3. The first-order chi connectivity index (χ1) is 17.5. The molecule has 0 amide bonds. The summed E-state index contributed by atoms with van der Waals surface area (Å²) < 4.78 is 9.37. The number of hydrogen-bond donors (Lipinski definition) is 2. The number of aryl methyl sites for hydroxylation is 1. The fraction of sp³-hybridized carbons (Fsp3) is 0.536. The fourth-order valence-corrected chi connectivity index (χ4v) is 7.53. The van der Waals surface area contributed by atoms with E-state index in [-0.39, 0.29) is 34.2 Å². The van der Waals surface area contributed by atoms with Gasteiger partial charge in [0.1, 0.15) is 11.4 Å². The highest BCUT2D eigenvalue weighted by molar-refractivity contribution is 5.76. The van der Waals surface area contributed by atoms with Gasteiger partial charge in [-0.25, -0.2) is 0 Å². The molecule has 3 fully saturated rings. The quantitative estimate of drug-likeness (QED) is 0.574. The van der Waals surface area contributed by atoms with Gasteiger partial charge in [-0.2, -0.15) is 0 Å². The summed E-state index contributed by atoms with van der Waals surface area (Å²) in [6, 6.07) is 9.13. The van der Waals surface area contributed by atoms with Gasteiger partial charge in [0, 0.05) is 42.2 Å². The second-order valence-electron chi connectivity index (χ2n) is 11.5. The van der Waals surface area contributed by atoms with Crippen LogP contribution >= 0.6 is 0 Å². The minimum absolute atomic E-state index is 0.00368. The van der Waals surface area contributed by atoms with E-state index in [9.17, 15) is 9.59 Å². The number of nitrogens with one attached hydrogen (secondary N) is 1. The van der Waals surface area contributed by atoms with Crippen molar-refractivity contribution in [1.29, 1.82) is 0 Å². The molecule has 0 saturated heterocycles. The average Bonchev–Trinajstić information content (AvgIpc) is 3.28. The van der Waals surface area contributed by atoms with Gasteiger partial charge >= 0.3 is 0 Å². The topological polar surface area (TPSA) is 104 Å². The van der Waals surface area contributed by atoms with E-state index in [1.165, 1.54) is 5.56 Å². The Morgan fingerprint density at radius 1 is 1.11 bits per heavy atom. The van der Waals surface area contributed by atoms with Crippen LogP contribution in [0.5, 0.6) is 5.75 Å². The lowest BCUT2D eigenvalue weighted by Crippen LogP contribution is -2.66. The molecule has 3 N–H and O–H groups in total. The molecule has 0 spiro atoms. The lowest BCUT2D eigenvalue weighted by molar-refractivity contribution is -0.0114. The van der Waals surface area contributed by atoms with E-state index < -0.39 is 0 Å². The Morgan fingerprint density at radius 3 is 2.72 bits per heavy atom. The molecule has 3 aromatic heterocycles. The molecular formula is C28H33N5O3. The van der Waals surface area contributed by atoms with Crippen molar-refractivity contribution >= 4 is 11.0 Å². The predicted octanol–water partition coefficient (Wildman–Crippen LogP) is 2.65. The number of rotatable bonds is 5. The van der Waals surface area contributed by atoms with Gasteiger partial charge in [0.2, 0.25) is 0 Å². The zero-order chi connectivity index (χ0) is 24.5. The van der Waals surface area contributed by atoms with Gasteiger partial charge in [-0.3, -0.25) is 23.7 Å². The molecule has 2 bridgehead atoms. The van der Waals surface area contributed by atoms with Crippen LogP contribution in [0.15, 0.2) is 46.1 Å². The van der Waals surface area contributed by atoms with Gasteiger partial charge in [0.05, 0.1) is 24.5 Å². The Bertz CT molecular complexity index is 1460. The molecule has 188 valence electrons. The Morgan fingerprint density at radius 2 is 1.92 bits per heavy atom. The van der Waals surface area contributed by atoms with E-state index in [2.05, 4.69) is 16.4 Å². The van der Waals surface area contributed by atoms with Crippen LogP contribution < -0.4 is 26.9 Å². The molecule has 5 aliphatic rings. The molecule has 0 aromatic carbocycles. The van der Waals surface area contributed by atoms with E-state index in [1.54, 1.807) is 16.7 Å². The number of hydrogen-bond acceptors (Lipinski definition) is 6. The molecule has 0 radical (unpaired) electrons. The van der Waals surface area contributed by atoms with Crippen molar-refractivity contribution in [3.63, 3.8) is 0 Å². The van der Waals surface area contributed by atoms with E-state index >= 15 is 0 Å². The van der Waals surface area contributed by atoms with Gasteiger partial charge in [-0.05, 0) is 80.5 Å². The summed E-state index contributed by atoms with van der Waals surface area (Å²) in [6.45, 7) is 2.06. The molecule has 36 heavy (non-hydrogen) atoms.